The van der Waals surface area contributed by atoms with Crippen LogP contribution in [-0.2, 0) is 9.59 Å². The lowest BCUT2D eigenvalue weighted by Crippen LogP contribution is -2.15. The van der Waals surface area contributed by atoms with Crippen LogP contribution in [0.25, 0.3) is 0 Å². The van der Waals surface area contributed by atoms with Gasteiger partial charge in [0.1, 0.15) is 0 Å². The average molecular weight is 312 g/mol. The smallest absolute Gasteiger partial charge is 0.332 e. The van der Waals surface area contributed by atoms with Crippen LogP contribution in [-0.4, -0.2) is 22.2 Å². The molecule has 22 heavy (non-hydrogen) atoms. The maximum atomic E-state index is 11.5. The number of hydrogen-bond donors (Lipinski definition) is 2. The van der Waals surface area contributed by atoms with E-state index in [-0.39, 0.29) is 17.1 Å². The van der Waals surface area contributed by atoms with Gasteiger partial charge in [-0.15, -0.1) is 0 Å². The van der Waals surface area contributed by atoms with E-state index < -0.39 is 11.9 Å². The van der Waals surface area contributed by atoms with Gasteiger partial charge in [0, 0.05) is 11.1 Å². The van der Waals surface area contributed by atoms with Gasteiger partial charge in [0.05, 0.1) is 0 Å². The van der Waals surface area contributed by atoms with Gasteiger partial charge in [0.2, 0.25) is 0 Å². The van der Waals surface area contributed by atoms with Crippen molar-refractivity contribution >= 4 is 11.9 Å². The second-order valence-corrected chi connectivity index (χ2v) is 6.00. The van der Waals surface area contributed by atoms with Crippen LogP contribution in [0, 0.1) is 5.92 Å². The molecule has 128 valence electrons. The lowest BCUT2D eigenvalue weighted by atomic mass is 9.88. The molecule has 0 radical (unpaired) electrons. The van der Waals surface area contributed by atoms with E-state index in [1.165, 1.54) is 0 Å². The molecule has 0 aromatic rings. The van der Waals surface area contributed by atoms with Crippen LogP contribution < -0.4 is 0 Å². The van der Waals surface area contributed by atoms with Crippen molar-refractivity contribution in [3.8, 4) is 0 Å². The van der Waals surface area contributed by atoms with Crippen molar-refractivity contribution in [2.45, 2.75) is 85.0 Å². The van der Waals surface area contributed by atoms with E-state index in [2.05, 4.69) is 13.8 Å². The molecule has 4 nitrogen and oxygen atoms in total. The lowest BCUT2D eigenvalue weighted by molar-refractivity contribution is -0.136. The van der Waals surface area contributed by atoms with Crippen molar-refractivity contribution in [3.63, 3.8) is 0 Å². The number of carboxylic acids is 2. The third-order valence-electron chi connectivity index (χ3n) is 4.20. The minimum absolute atomic E-state index is 0.110. The van der Waals surface area contributed by atoms with Crippen molar-refractivity contribution in [2.75, 3.05) is 0 Å². The summed E-state index contributed by atoms with van der Waals surface area (Å²) in [5.74, 6) is -1.88. The molecule has 0 bridgehead atoms. The highest BCUT2D eigenvalue weighted by molar-refractivity contribution is 5.98. The zero-order valence-electron chi connectivity index (χ0n) is 14.4. The normalized spacial score (nSPS) is 13.6. The topological polar surface area (TPSA) is 74.6 Å². The van der Waals surface area contributed by atoms with E-state index in [4.69, 9.17) is 0 Å². The van der Waals surface area contributed by atoms with Crippen molar-refractivity contribution in [2.24, 2.45) is 5.92 Å². The first-order valence-corrected chi connectivity index (χ1v) is 8.66. The summed E-state index contributed by atoms with van der Waals surface area (Å²) in [5.41, 5.74) is 0.227. The molecule has 0 amide bonds. The van der Waals surface area contributed by atoms with Crippen LogP contribution in [0.4, 0.5) is 0 Å². The fraction of sp³-hybridized carbons (Fsp3) is 0.778. The van der Waals surface area contributed by atoms with Crippen LogP contribution in [0.1, 0.15) is 85.0 Å². The number of aliphatic carboxylic acids is 2. The van der Waals surface area contributed by atoms with Crippen molar-refractivity contribution in [1.82, 2.24) is 0 Å². The number of carbonyl (C=O) groups is 2. The Morgan fingerprint density at radius 2 is 1.41 bits per heavy atom. The third kappa shape index (κ3) is 8.20. The first-order valence-electron chi connectivity index (χ1n) is 8.66. The van der Waals surface area contributed by atoms with Gasteiger partial charge in [0.25, 0.3) is 0 Å². The fourth-order valence-electron chi connectivity index (χ4n) is 2.69. The van der Waals surface area contributed by atoms with Gasteiger partial charge in [-0.25, -0.2) is 9.59 Å². The Kier molecular flexibility index (Phi) is 11.5. The number of hydrogen-bond acceptors (Lipinski definition) is 2. The molecule has 1 unspecified atom stereocenters. The van der Waals surface area contributed by atoms with Crippen LogP contribution in [0.5, 0.6) is 0 Å². The van der Waals surface area contributed by atoms with Crippen molar-refractivity contribution in [1.29, 1.82) is 0 Å². The van der Waals surface area contributed by atoms with Crippen molar-refractivity contribution in [3.05, 3.63) is 11.1 Å². The summed E-state index contributed by atoms with van der Waals surface area (Å²) >= 11 is 0. The van der Waals surface area contributed by atoms with Gasteiger partial charge >= 0.3 is 11.9 Å². The molecule has 0 aliphatic rings. The summed E-state index contributed by atoms with van der Waals surface area (Å²) in [7, 11) is 0. The molecule has 0 aliphatic carbocycles. The quantitative estimate of drug-likeness (QED) is 0.369. The molecule has 1 atom stereocenters. The largest absolute Gasteiger partial charge is 0.478 e. The number of unbranched alkanes of at least 4 members (excludes halogenated alkanes) is 4. The molecule has 0 aromatic carbocycles. The summed E-state index contributed by atoms with van der Waals surface area (Å²) in [6.45, 7) is 6.24. The van der Waals surface area contributed by atoms with Crippen LogP contribution >= 0.6 is 0 Å². The summed E-state index contributed by atoms with van der Waals surface area (Å²) in [4.78, 5) is 23.0. The van der Waals surface area contributed by atoms with Crippen LogP contribution in [0.15, 0.2) is 11.1 Å². The molecular weight excluding hydrogens is 280 g/mol. The van der Waals surface area contributed by atoms with E-state index in [0.717, 1.165) is 51.4 Å². The molecule has 0 aliphatic heterocycles. The van der Waals surface area contributed by atoms with Gasteiger partial charge in [-0.05, 0) is 25.2 Å². The summed E-state index contributed by atoms with van der Waals surface area (Å²) in [5, 5.41) is 18.8. The highest BCUT2D eigenvalue weighted by atomic mass is 16.4. The Bertz CT molecular complexity index is 371. The van der Waals surface area contributed by atoms with E-state index in [0.29, 0.717) is 12.8 Å². The van der Waals surface area contributed by atoms with Gasteiger partial charge < -0.3 is 10.2 Å². The molecule has 0 saturated heterocycles. The molecule has 2 N–H and O–H groups in total. The molecule has 0 heterocycles. The molecule has 4 heteroatoms. The fourth-order valence-corrected chi connectivity index (χ4v) is 2.69. The van der Waals surface area contributed by atoms with E-state index in [9.17, 15) is 19.8 Å². The van der Waals surface area contributed by atoms with E-state index >= 15 is 0 Å². The van der Waals surface area contributed by atoms with E-state index in [1.54, 1.807) is 0 Å². The van der Waals surface area contributed by atoms with Gasteiger partial charge in [0.15, 0.2) is 0 Å². The number of rotatable bonds is 13. The maximum Gasteiger partial charge on any atom is 0.332 e. The second kappa shape index (κ2) is 12.2. The Balaban J connectivity index is 5.05. The minimum Gasteiger partial charge on any atom is -0.478 e. The molecular formula is C18H32O4. The Morgan fingerprint density at radius 3 is 1.86 bits per heavy atom. The first kappa shape index (κ1) is 20.7. The Morgan fingerprint density at radius 1 is 0.818 bits per heavy atom. The average Bonchev–Trinajstić information content (AvgIpc) is 2.48. The predicted molar refractivity (Wildman–Crippen MR) is 89.0 cm³/mol. The zero-order chi connectivity index (χ0) is 17.0. The van der Waals surface area contributed by atoms with Gasteiger partial charge in [-0.1, -0.05) is 65.7 Å². The zero-order valence-corrected chi connectivity index (χ0v) is 14.4. The molecule has 0 fully saturated rings. The molecule has 0 rings (SSSR count). The minimum atomic E-state index is -1.07. The standard InChI is InChI=1S/C18H32O4/c1-4-7-9-10-12-15(17(19)20)16(18(21)22)13-14(6-3)11-8-5-2/h14H,4-13H2,1-3H3,(H,19,20)(H,21,22). The van der Waals surface area contributed by atoms with Gasteiger partial charge in [-0.3, -0.25) is 0 Å². The molecule has 0 aromatic heterocycles. The van der Waals surface area contributed by atoms with Crippen LogP contribution in [0.2, 0.25) is 0 Å². The summed E-state index contributed by atoms with van der Waals surface area (Å²) in [6.07, 6.45) is 8.56. The number of carboxylic acid groups (broad SMARTS) is 2. The first-order chi connectivity index (χ1) is 10.5. The van der Waals surface area contributed by atoms with Crippen LogP contribution in [0.3, 0.4) is 0 Å². The summed E-state index contributed by atoms with van der Waals surface area (Å²) < 4.78 is 0. The van der Waals surface area contributed by atoms with E-state index in [1.807, 2.05) is 6.92 Å². The highest BCUT2D eigenvalue weighted by Gasteiger charge is 2.22. The molecule has 0 saturated carbocycles. The lowest BCUT2D eigenvalue weighted by Gasteiger charge is -2.17. The predicted octanol–water partition coefficient (Wildman–Crippen LogP) is 5.03. The highest BCUT2D eigenvalue weighted by Crippen LogP contribution is 2.26. The Hall–Kier alpha value is -1.32. The SMILES string of the molecule is CCCCCCC(C(=O)O)=C(CC(CC)CCCC)C(=O)O. The second-order valence-electron chi connectivity index (χ2n) is 6.00. The molecule has 0 spiro atoms. The maximum absolute atomic E-state index is 11.5. The summed E-state index contributed by atoms with van der Waals surface area (Å²) in [6, 6.07) is 0. The van der Waals surface area contributed by atoms with Gasteiger partial charge in [-0.2, -0.15) is 0 Å². The Labute approximate surface area is 134 Å². The third-order valence-corrected chi connectivity index (χ3v) is 4.20. The monoisotopic (exact) mass is 312 g/mol. The van der Waals surface area contributed by atoms with Crippen molar-refractivity contribution < 1.29 is 19.8 Å².